The Hall–Kier alpha value is -1.14. The lowest BCUT2D eigenvalue weighted by Crippen LogP contribution is -2.12. The number of rotatable bonds is 2. The summed E-state index contributed by atoms with van der Waals surface area (Å²) >= 11 is 0. The summed E-state index contributed by atoms with van der Waals surface area (Å²) in [5, 5.41) is 0. The van der Waals surface area contributed by atoms with Crippen LogP contribution in [0, 0.1) is 0 Å². The Morgan fingerprint density at radius 3 is 2.69 bits per heavy atom. The summed E-state index contributed by atoms with van der Waals surface area (Å²) in [5.41, 5.74) is -1.03. The van der Waals surface area contributed by atoms with Gasteiger partial charge in [-0.1, -0.05) is 0 Å². The van der Waals surface area contributed by atoms with Crippen LogP contribution in [0.1, 0.15) is 11.3 Å². The third-order valence-corrected chi connectivity index (χ3v) is 1.42. The predicted molar refractivity (Wildman–Crippen MR) is 38.2 cm³/mol. The van der Waals surface area contributed by atoms with E-state index < -0.39 is 11.7 Å². The molecule has 0 atom stereocenters. The molecule has 2 N–H and O–H groups in total. The maximum absolute atomic E-state index is 12.2. The van der Waals surface area contributed by atoms with Gasteiger partial charge in [-0.15, -0.1) is 0 Å². The minimum atomic E-state index is -4.41. The van der Waals surface area contributed by atoms with Crippen LogP contribution in [-0.2, 0) is 17.6 Å². The molecular weight excluding hydrogens is 185 g/mol. The van der Waals surface area contributed by atoms with Crippen LogP contribution in [0.15, 0.2) is 18.3 Å². The molecule has 0 unspecified atom stereocenters. The lowest BCUT2D eigenvalue weighted by Gasteiger charge is -2.09. The molecule has 1 aromatic heterocycles. The van der Waals surface area contributed by atoms with E-state index in [0.717, 1.165) is 6.07 Å². The smallest absolute Gasteiger partial charge is 0.298 e. The van der Waals surface area contributed by atoms with Crippen molar-refractivity contribution in [1.29, 1.82) is 0 Å². The number of alkyl halides is 3. The van der Waals surface area contributed by atoms with Crippen LogP contribution in [-0.4, -0.2) is 4.98 Å². The maximum Gasteiger partial charge on any atom is 0.418 e. The molecule has 0 aliphatic heterocycles. The zero-order valence-corrected chi connectivity index (χ0v) is 6.51. The molecule has 6 heteroatoms. The predicted octanol–water partition coefficient (Wildman–Crippen LogP) is 1.49. The van der Waals surface area contributed by atoms with E-state index >= 15 is 0 Å². The zero-order valence-electron chi connectivity index (χ0n) is 6.51. The number of hydrogen-bond donors (Lipinski definition) is 1. The fourth-order valence-electron chi connectivity index (χ4n) is 0.890. The summed E-state index contributed by atoms with van der Waals surface area (Å²) in [6.07, 6.45) is -3.16. The average molecular weight is 192 g/mol. The summed E-state index contributed by atoms with van der Waals surface area (Å²) in [6, 6.07) is 2.14. The van der Waals surface area contributed by atoms with Crippen LogP contribution in [0.2, 0.25) is 0 Å². The van der Waals surface area contributed by atoms with Gasteiger partial charge in [0.05, 0.1) is 11.3 Å². The van der Waals surface area contributed by atoms with Gasteiger partial charge in [0.15, 0.2) is 0 Å². The van der Waals surface area contributed by atoms with Crippen LogP contribution in [0.25, 0.3) is 0 Å². The summed E-state index contributed by atoms with van der Waals surface area (Å²) in [7, 11) is 0. The summed E-state index contributed by atoms with van der Waals surface area (Å²) in [6.45, 7) is -0.352. The Morgan fingerprint density at radius 2 is 2.15 bits per heavy atom. The maximum atomic E-state index is 12.2. The Balaban J connectivity index is 3.05. The minimum Gasteiger partial charge on any atom is -0.298 e. The second-order valence-electron chi connectivity index (χ2n) is 2.31. The molecule has 3 nitrogen and oxygen atoms in total. The average Bonchev–Trinajstić information content (AvgIpc) is 2.04. The van der Waals surface area contributed by atoms with Crippen molar-refractivity contribution in [2.75, 3.05) is 0 Å². The molecule has 0 radical (unpaired) electrons. The van der Waals surface area contributed by atoms with Crippen LogP contribution in [0.3, 0.4) is 0 Å². The molecule has 0 aliphatic carbocycles. The van der Waals surface area contributed by atoms with Crippen molar-refractivity contribution < 1.29 is 18.0 Å². The Bertz CT molecular complexity index is 287. The highest BCUT2D eigenvalue weighted by Gasteiger charge is 2.33. The third kappa shape index (κ3) is 2.40. The van der Waals surface area contributed by atoms with E-state index in [4.69, 9.17) is 0 Å². The first kappa shape index (κ1) is 9.94. The second-order valence-corrected chi connectivity index (χ2v) is 2.31. The normalized spacial score (nSPS) is 11.7. The molecule has 0 spiro atoms. The van der Waals surface area contributed by atoms with Crippen LogP contribution in [0.5, 0.6) is 0 Å². The van der Waals surface area contributed by atoms with E-state index in [-0.39, 0.29) is 12.3 Å². The number of pyridine rings is 1. The molecule has 0 aliphatic rings. The second kappa shape index (κ2) is 3.71. The lowest BCUT2D eigenvalue weighted by molar-refractivity contribution is -0.139. The number of nitrogens with zero attached hydrogens (tertiary/aromatic N) is 1. The third-order valence-electron chi connectivity index (χ3n) is 1.42. The van der Waals surface area contributed by atoms with Crippen molar-refractivity contribution >= 4 is 0 Å². The summed E-state index contributed by atoms with van der Waals surface area (Å²) in [5.74, 6) is 4.67. The number of halogens is 3. The SMILES string of the molecule is NOCc1ncccc1C(F)(F)F. The zero-order chi connectivity index (χ0) is 9.90. The van der Waals surface area contributed by atoms with E-state index in [1.165, 1.54) is 12.3 Å². The Labute approximate surface area is 72.3 Å². The fourth-order valence-corrected chi connectivity index (χ4v) is 0.890. The van der Waals surface area contributed by atoms with Crippen LogP contribution in [0.4, 0.5) is 13.2 Å². The van der Waals surface area contributed by atoms with Crippen molar-refractivity contribution in [3.05, 3.63) is 29.6 Å². The highest BCUT2D eigenvalue weighted by Crippen LogP contribution is 2.30. The molecule has 13 heavy (non-hydrogen) atoms. The Kier molecular flexibility index (Phi) is 2.84. The first-order chi connectivity index (χ1) is 6.05. The van der Waals surface area contributed by atoms with Gasteiger partial charge in [-0.3, -0.25) is 9.82 Å². The number of aromatic nitrogens is 1. The molecule has 0 amide bonds. The van der Waals surface area contributed by atoms with E-state index in [9.17, 15) is 13.2 Å². The fraction of sp³-hybridized carbons (Fsp3) is 0.286. The van der Waals surface area contributed by atoms with Gasteiger partial charge >= 0.3 is 6.18 Å². The Morgan fingerprint density at radius 1 is 1.46 bits per heavy atom. The molecule has 1 rings (SSSR count). The molecule has 0 fully saturated rings. The molecule has 72 valence electrons. The highest BCUT2D eigenvalue weighted by atomic mass is 19.4. The van der Waals surface area contributed by atoms with Crippen LogP contribution >= 0.6 is 0 Å². The lowest BCUT2D eigenvalue weighted by atomic mass is 10.2. The van der Waals surface area contributed by atoms with E-state index in [2.05, 4.69) is 15.7 Å². The van der Waals surface area contributed by atoms with Crippen LogP contribution < -0.4 is 5.90 Å². The molecular formula is C7H7F3N2O. The van der Waals surface area contributed by atoms with Gasteiger partial charge in [-0.2, -0.15) is 13.2 Å². The van der Waals surface area contributed by atoms with Crippen molar-refractivity contribution in [2.24, 2.45) is 5.90 Å². The molecule has 0 saturated heterocycles. The standard InChI is InChI=1S/C7H7F3N2O/c8-7(9,10)5-2-1-3-12-6(5)4-13-11/h1-3H,4,11H2. The first-order valence-corrected chi connectivity index (χ1v) is 3.38. The van der Waals surface area contributed by atoms with E-state index in [1.54, 1.807) is 0 Å². The first-order valence-electron chi connectivity index (χ1n) is 3.38. The quantitative estimate of drug-likeness (QED) is 0.722. The largest absolute Gasteiger partial charge is 0.418 e. The van der Waals surface area contributed by atoms with Gasteiger partial charge in [-0.25, -0.2) is 5.90 Å². The van der Waals surface area contributed by atoms with Crippen molar-refractivity contribution in [3.63, 3.8) is 0 Å². The summed E-state index contributed by atoms with van der Waals surface area (Å²) in [4.78, 5) is 7.61. The van der Waals surface area contributed by atoms with Crippen molar-refractivity contribution in [1.82, 2.24) is 4.98 Å². The van der Waals surface area contributed by atoms with Gasteiger partial charge in [0, 0.05) is 6.20 Å². The monoisotopic (exact) mass is 192 g/mol. The van der Waals surface area contributed by atoms with E-state index in [1.807, 2.05) is 0 Å². The van der Waals surface area contributed by atoms with E-state index in [0.29, 0.717) is 0 Å². The highest BCUT2D eigenvalue weighted by molar-refractivity contribution is 5.22. The number of nitrogens with two attached hydrogens (primary N) is 1. The molecule has 0 aromatic carbocycles. The minimum absolute atomic E-state index is 0.211. The van der Waals surface area contributed by atoms with Crippen molar-refractivity contribution in [3.8, 4) is 0 Å². The molecule has 1 heterocycles. The molecule has 1 aromatic rings. The van der Waals surface area contributed by atoms with Gasteiger partial charge in [-0.05, 0) is 12.1 Å². The molecule has 0 saturated carbocycles. The van der Waals surface area contributed by atoms with Crippen molar-refractivity contribution in [2.45, 2.75) is 12.8 Å². The van der Waals surface area contributed by atoms with Gasteiger partial charge in [0.25, 0.3) is 0 Å². The molecule has 0 bridgehead atoms. The van der Waals surface area contributed by atoms with Gasteiger partial charge < -0.3 is 0 Å². The number of hydrogen-bond acceptors (Lipinski definition) is 3. The van der Waals surface area contributed by atoms with Gasteiger partial charge in [0.1, 0.15) is 6.61 Å². The van der Waals surface area contributed by atoms with Gasteiger partial charge in [0.2, 0.25) is 0 Å². The summed E-state index contributed by atoms with van der Waals surface area (Å²) < 4.78 is 36.7. The topological polar surface area (TPSA) is 48.1 Å².